The maximum atomic E-state index is 11.0. The molecule has 0 radical (unpaired) electrons. The molecule has 0 aliphatic carbocycles. The van der Waals surface area contributed by atoms with Crippen molar-refractivity contribution in [3.8, 4) is 17.5 Å². The van der Waals surface area contributed by atoms with Crippen molar-refractivity contribution < 1.29 is 9.21 Å². The van der Waals surface area contributed by atoms with Gasteiger partial charge in [-0.25, -0.2) is 10.4 Å². The molecule has 1 amide bonds. The van der Waals surface area contributed by atoms with E-state index in [1.807, 2.05) is 30.3 Å². The van der Waals surface area contributed by atoms with E-state index >= 15 is 0 Å². The monoisotopic (exact) mass is 288 g/mol. The minimum Gasteiger partial charge on any atom is -0.424 e. The third-order valence-electron chi connectivity index (χ3n) is 2.25. The minimum atomic E-state index is -0.508. The molecule has 0 bridgehead atoms. The van der Waals surface area contributed by atoms with Gasteiger partial charge in [-0.2, -0.15) is 10.4 Å². The number of amides is 1. The van der Waals surface area contributed by atoms with Gasteiger partial charge in [0.1, 0.15) is 12.1 Å². The second-order valence-electron chi connectivity index (χ2n) is 3.67. The predicted molar refractivity (Wildman–Crippen MR) is 72.9 cm³/mol. The van der Waals surface area contributed by atoms with Gasteiger partial charge in [0.05, 0.1) is 12.3 Å². The average molecular weight is 289 g/mol. The van der Waals surface area contributed by atoms with Gasteiger partial charge in [-0.15, -0.1) is 0 Å². The number of hydrogen-bond acceptors (Lipinski definition) is 5. The fourth-order valence-corrected chi connectivity index (χ4v) is 1.54. The molecule has 1 aromatic carbocycles. The number of hydrogen-bond donors (Lipinski definition) is 1. The Morgan fingerprint density at radius 1 is 1.50 bits per heavy atom. The van der Waals surface area contributed by atoms with Crippen LogP contribution in [0.15, 0.2) is 39.9 Å². The quantitative estimate of drug-likeness (QED) is 0.690. The van der Waals surface area contributed by atoms with Crippen molar-refractivity contribution in [3.05, 3.63) is 41.2 Å². The molecular weight excluding hydrogens is 280 g/mol. The lowest BCUT2D eigenvalue weighted by molar-refractivity contribution is -0.120. The predicted octanol–water partition coefficient (Wildman–Crippen LogP) is 2.36. The molecule has 0 saturated heterocycles. The maximum absolute atomic E-state index is 11.0. The van der Waals surface area contributed by atoms with Crippen molar-refractivity contribution >= 4 is 23.7 Å². The fraction of sp³-hybridized carbons (Fsp3) is 0.0769. The van der Waals surface area contributed by atoms with Gasteiger partial charge in [0, 0.05) is 5.56 Å². The molecule has 0 saturated carbocycles. The number of oxazole rings is 1. The van der Waals surface area contributed by atoms with E-state index in [0.29, 0.717) is 11.6 Å². The van der Waals surface area contributed by atoms with Gasteiger partial charge in [-0.3, -0.25) is 4.79 Å². The number of halogens is 1. The maximum Gasteiger partial charge on any atom is 0.254 e. The first-order chi connectivity index (χ1) is 9.70. The molecule has 0 unspecified atom stereocenters. The highest BCUT2D eigenvalue weighted by Crippen LogP contribution is 2.24. The topological polar surface area (TPSA) is 91.3 Å². The van der Waals surface area contributed by atoms with Crippen molar-refractivity contribution in [1.82, 2.24) is 10.4 Å². The number of carbonyl (C=O) groups excluding carboxylic acids is 1. The Bertz CT molecular complexity index is 673. The Kier molecular flexibility index (Phi) is 4.47. The van der Waals surface area contributed by atoms with Crippen LogP contribution in [-0.2, 0) is 4.79 Å². The lowest BCUT2D eigenvalue weighted by Crippen LogP contribution is -2.16. The van der Waals surface area contributed by atoms with Crippen LogP contribution >= 0.6 is 11.6 Å². The van der Waals surface area contributed by atoms with Crippen LogP contribution in [0.25, 0.3) is 11.5 Å². The number of nitrogens with one attached hydrogen (secondary N) is 1. The molecule has 0 fully saturated rings. The van der Waals surface area contributed by atoms with E-state index in [2.05, 4.69) is 15.5 Å². The largest absolute Gasteiger partial charge is 0.424 e. The standard InChI is InChI=1S/C13H9ClN4O2/c14-12-10(8-16-18-11(19)6-7-15)17-13(20-12)9-4-2-1-3-5-9/h1-5,8H,6H2,(H,18,19)/b16-8-. The van der Waals surface area contributed by atoms with Gasteiger partial charge in [0.2, 0.25) is 11.1 Å². The molecule has 7 heteroatoms. The van der Waals surface area contributed by atoms with Crippen LogP contribution in [0, 0.1) is 11.3 Å². The van der Waals surface area contributed by atoms with E-state index in [4.69, 9.17) is 21.3 Å². The summed E-state index contributed by atoms with van der Waals surface area (Å²) in [6, 6.07) is 10.9. The molecule has 100 valence electrons. The summed E-state index contributed by atoms with van der Waals surface area (Å²) in [6.45, 7) is 0. The van der Waals surface area contributed by atoms with Gasteiger partial charge in [-0.05, 0) is 23.7 Å². The molecule has 0 aliphatic heterocycles. The Morgan fingerprint density at radius 2 is 2.25 bits per heavy atom. The van der Waals surface area contributed by atoms with E-state index in [1.165, 1.54) is 6.21 Å². The van der Waals surface area contributed by atoms with E-state index in [9.17, 15) is 4.79 Å². The molecule has 0 spiro atoms. The van der Waals surface area contributed by atoms with Crippen LogP contribution in [0.5, 0.6) is 0 Å². The van der Waals surface area contributed by atoms with E-state index < -0.39 is 5.91 Å². The number of aromatic nitrogens is 1. The van der Waals surface area contributed by atoms with E-state index in [1.54, 1.807) is 6.07 Å². The first kappa shape index (κ1) is 13.8. The minimum absolute atomic E-state index is 0.0714. The van der Waals surface area contributed by atoms with Gasteiger partial charge in [0.15, 0.2) is 0 Å². The van der Waals surface area contributed by atoms with Crippen LogP contribution in [0.3, 0.4) is 0 Å². The molecule has 1 N–H and O–H groups in total. The molecule has 20 heavy (non-hydrogen) atoms. The Labute approximate surface area is 119 Å². The summed E-state index contributed by atoms with van der Waals surface area (Å²) in [7, 11) is 0. The summed E-state index contributed by atoms with van der Waals surface area (Å²) in [5, 5.41) is 12.0. The third kappa shape index (κ3) is 3.43. The number of carbonyl (C=O) groups is 1. The molecule has 2 rings (SSSR count). The lowest BCUT2D eigenvalue weighted by atomic mass is 10.2. The summed E-state index contributed by atoms with van der Waals surface area (Å²) in [6.07, 6.45) is 0.993. The smallest absolute Gasteiger partial charge is 0.254 e. The van der Waals surface area contributed by atoms with Crippen molar-refractivity contribution in [1.29, 1.82) is 5.26 Å². The second kappa shape index (κ2) is 6.50. The summed E-state index contributed by atoms with van der Waals surface area (Å²) in [5.74, 6) is -0.146. The number of rotatable bonds is 4. The zero-order chi connectivity index (χ0) is 14.4. The Balaban J connectivity index is 2.11. The van der Waals surface area contributed by atoms with Crippen molar-refractivity contribution in [3.63, 3.8) is 0 Å². The van der Waals surface area contributed by atoms with Crippen LogP contribution < -0.4 is 5.43 Å². The fourth-order valence-electron chi connectivity index (χ4n) is 1.37. The molecule has 1 heterocycles. The van der Waals surface area contributed by atoms with Crippen LogP contribution in [-0.4, -0.2) is 17.1 Å². The van der Waals surface area contributed by atoms with Gasteiger partial charge in [0.25, 0.3) is 5.91 Å². The van der Waals surface area contributed by atoms with Crippen LogP contribution in [0.4, 0.5) is 0 Å². The van der Waals surface area contributed by atoms with Gasteiger partial charge in [-0.1, -0.05) is 18.2 Å². The average Bonchev–Trinajstić information content (AvgIpc) is 2.82. The first-order valence-electron chi connectivity index (χ1n) is 5.61. The van der Waals surface area contributed by atoms with E-state index in [0.717, 1.165) is 5.56 Å². The molecular formula is C13H9ClN4O2. The zero-order valence-electron chi connectivity index (χ0n) is 10.2. The van der Waals surface area contributed by atoms with Crippen molar-refractivity contribution in [2.24, 2.45) is 5.10 Å². The third-order valence-corrected chi connectivity index (χ3v) is 2.52. The van der Waals surface area contributed by atoms with Crippen LogP contribution in [0.2, 0.25) is 5.22 Å². The van der Waals surface area contributed by atoms with Crippen molar-refractivity contribution in [2.75, 3.05) is 0 Å². The molecule has 1 aromatic heterocycles. The number of nitriles is 1. The zero-order valence-corrected chi connectivity index (χ0v) is 11.0. The summed E-state index contributed by atoms with van der Waals surface area (Å²) in [5.41, 5.74) is 3.25. The summed E-state index contributed by atoms with van der Waals surface area (Å²) in [4.78, 5) is 15.2. The molecule has 6 nitrogen and oxygen atoms in total. The number of benzene rings is 1. The normalized spacial score (nSPS) is 10.4. The molecule has 0 atom stereocenters. The highest BCUT2D eigenvalue weighted by molar-refractivity contribution is 6.31. The summed E-state index contributed by atoms with van der Waals surface area (Å²) >= 11 is 5.89. The molecule has 2 aromatic rings. The summed E-state index contributed by atoms with van der Waals surface area (Å²) < 4.78 is 5.30. The van der Waals surface area contributed by atoms with Gasteiger partial charge >= 0.3 is 0 Å². The second-order valence-corrected chi connectivity index (χ2v) is 4.02. The lowest BCUT2D eigenvalue weighted by Gasteiger charge is -1.92. The Hall–Kier alpha value is -2.65. The highest BCUT2D eigenvalue weighted by Gasteiger charge is 2.11. The highest BCUT2D eigenvalue weighted by atomic mass is 35.5. The SMILES string of the molecule is N#CCC(=O)N/N=C\c1nc(-c2ccccc2)oc1Cl. The van der Waals surface area contributed by atoms with E-state index in [-0.39, 0.29) is 11.6 Å². The Morgan fingerprint density at radius 3 is 2.95 bits per heavy atom. The number of hydrazone groups is 1. The van der Waals surface area contributed by atoms with Crippen molar-refractivity contribution in [2.45, 2.75) is 6.42 Å². The number of nitrogens with zero attached hydrogens (tertiary/aromatic N) is 3. The first-order valence-corrected chi connectivity index (χ1v) is 5.99. The molecule has 0 aliphatic rings. The van der Waals surface area contributed by atoms with Crippen LogP contribution in [0.1, 0.15) is 12.1 Å². The van der Waals surface area contributed by atoms with Gasteiger partial charge < -0.3 is 4.42 Å².